The van der Waals surface area contributed by atoms with Gasteiger partial charge in [-0.2, -0.15) is 0 Å². The second kappa shape index (κ2) is 9.86. The number of nitro benzene ring substituents is 1. The Labute approximate surface area is 189 Å². The average molecular weight is 462 g/mol. The number of hydrogen-bond donors (Lipinski definition) is 1. The lowest BCUT2D eigenvalue weighted by molar-refractivity contribution is -0.384. The second-order valence-electron chi connectivity index (χ2n) is 6.65. The summed E-state index contributed by atoms with van der Waals surface area (Å²) in [6, 6.07) is 12.9. The van der Waals surface area contributed by atoms with Crippen LogP contribution >= 0.6 is 23.8 Å². The number of methoxy groups -OCH3 is 1. The van der Waals surface area contributed by atoms with E-state index in [-0.39, 0.29) is 29.5 Å². The van der Waals surface area contributed by atoms with Crippen molar-refractivity contribution in [2.75, 3.05) is 25.2 Å². The number of thiocarbonyl (C=S) groups is 1. The van der Waals surface area contributed by atoms with Gasteiger partial charge in [0.15, 0.2) is 5.11 Å². The van der Waals surface area contributed by atoms with E-state index in [9.17, 15) is 14.9 Å². The first-order valence-electron chi connectivity index (χ1n) is 9.31. The molecule has 10 heteroatoms. The maximum Gasteiger partial charge on any atom is 0.338 e. The SMILES string of the molecule is COCCOC(=O)C1=C(C)N(c2ccccc2)C(=S)NC1c1ccc(Cl)c([N+](=O)[O-])c1. The smallest absolute Gasteiger partial charge is 0.338 e. The Kier molecular flexibility index (Phi) is 7.21. The average Bonchev–Trinajstić information content (AvgIpc) is 2.74. The van der Waals surface area contributed by atoms with Crippen LogP contribution in [0.25, 0.3) is 0 Å². The third kappa shape index (κ3) is 4.84. The van der Waals surface area contributed by atoms with Crippen molar-refractivity contribution < 1.29 is 19.2 Å². The standard InChI is InChI=1S/C21H20ClN3O5S/c1-13-18(20(26)30-11-10-29-2)19(14-8-9-16(22)17(12-14)25(27)28)23-21(31)24(13)15-6-4-3-5-7-15/h3-9,12,19H,10-11H2,1-2H3,(H,23,31). The molecule has 2 aromatic carbocycles. The lowest BCUT2D eigenvalue weighted by Gasteiger charge is -2.37. The molecule has 1 atom stereocenters. The number of rotatable bonds is 7. The Balaban J connectivity index is 2.11. The Morgan fingerprint density at radius 2 is 1.97 bits per heavy atom. The van der Waals surface area contributed by atoms with E-state index in [2.05, 4.69) is 5.32 Å². The fourth-order valence-electron chi connectivity index (χ4n) is 3.29. The minimum absolute atomic E-state index is 0.00275. The topological polar surface area (TPSA) is 93.9 Å². The number of ether oxygens (including phenoxy) is 2. The van der Waals surface area contributed by atoms with Gasteiger partial charge in [-0.15, -0.1) is 0 Å². The van der Waals surface area contributed by atoms with Gasteiger partial charge in [0.05, 0.1) is 23.1 Å². The molecule has 3 rings (SSSR count). The number of para-hydroxylation sites is 1. The van der Waals surface area contributed by atoms with Gasteiger partial charge < -0.3 is 14.8 Å². The molecule has 31 heavy (non-hydrogen) atoms. The highest BCUT2D eigenvalue weighted by Crippen LogP contribution is 2.36. The third-order valence-corrected chi connectivity index (χ3v) is 5.36. The van der Waals surface area contributed by atoms with Gasteiger partial charge >= 0.3 is 5.97 Å². The van der Waals surface area contributed by atoms with E-state index in [1.807, 2.05) is 30.3 Å². The molecule has 2 aromatic rings. The van der Waals surface area contributed by atoms with Crippen molar-refractivity contribution >= 4 is 46.3 Å². The number of nitrogens with one attached hydrogen (secondary N) is 1. The number of nitrogens with zero attached hydrogens (tertiary/aromatic N) is 2. The van der Waals surface area contributed by atoms with Crippen molar-refractivity contribution in [2.24, 2.45) is 0 Å². The van der Waals surface area contributed by atoms with Crippen LogP contribution in [0.1, 0.15) is 18.5 Å². The Morgan fingerprint density at radius 3 is 2.61 bits per heavy atom. The van der Waals surface area contributed by atoms with Crippen LogP contribution in [0.15, 0.2) is 59.8 Å². The van der Waals surface area contributed by atoms with Gasteiger partial charge in [-0.3, -0.25) is 15.0 Å². The molecule has 1 heterocycles. The Morgan fingerprint density at radius 1 is 1.26 bits per heavy atom. The molecular weight excluding hydrogens is 442 g/mol. The maximum absolute atomic E-state index is 13.0. The predicted molar refractivity (Wildman–Crippen MR) is 121 cm³/mol. The summed E-state index contributed by atoms with van der Waals surface area (Å²) < 4.78 is 10.3. The molecule has 1 N–H and O–H groups in total. The summed E-state index contributed by atoms with van der Waals surface area (Å²) in [5, 5.41) is 14.8. The van der Waals surface area contributed by atoms with E-state index in [1.54, 1.807) is 17.9 Å². The highest BCUT2D eigenvalue weighted by molar-refractivity contribution is 7.80. The van der Waals surface area contributed by atoms with Crippen molar-refractivity contribution in [3.63, 3.8) is 0 Å². The highest BCUT2D eigenvalue weighted by Gasteiger charge is 2.36. The molecule has 0 saturated heterocycles. The second-order valence-corrected chi connectivity index (χ2v) is 7.44. The summed E-state index contributed by atoms with van der Waals surface area (Å²) in [5.74, 6) is -0.576. The van der Waals surface area contributed by atoms with Crippen LogP contribution < -0.4 is 10.2 Å². The molecule has 1 aliphatic heterocycles. The molecule has 0 spiro atoms. The third-order valence-electron chi connectivity index (χ3n) is 4.74. The number of halogens is 1. The van der Waals surface area contributed by atoms with Gasteiger partial charge in [0, 0.05) is 24.6 Å². The van der Waals surface area contributed by atoms with Crippen LogP contribution in [0.4, 0.5) is 11.4 Å². The summed E-state index contributed by atoms with van der Waals surface area (Å²) >= 11 is 11.5. The summed E-state index contributed by atoms with van der Waals surface area (Å²) in [4.78, 5) is 25.5. The summed E-state index contributed by atoms with van der Waals surface area (Å²) in [5.41, 5.74) is 1.80. The number of carbonyl (C=O) groups is 1. The molecular formula is C21H20ClN3O5S. The Hall–Kier alpha value is -3.01. The first-order valence-corrected chi connectivity index (χ1v) is 10.1. The minimum Gasteiger partial charge on any atom is -0.460 e. The van der Waals surface area contributed by atoms with Gasteiger partial charge in [-0.1, -0.05) is 35.9 Å². The van der Waals surface area contributed by atoms with E-state index in [0.717, 1.165) is 5.69 Å². The molecule has 0 radical (unpaired) electrons. The summed E-state index contributed by atoms with van der Waals surface area (Å²) in [7, 11) is 1.51. The van der Waals surface area contributed by atoms with Crippen molar-refractivity contribution in [3.05, 3.63) is 80.5 Å². The largest absolute Gasteiger partial charge is 0.460 e. The van der Waals surface area contributed by atoms with E-state index < -0.39 is 16.9 Å². The number of esters is 1. The molecule has 0 saturated carbocycles. The first kappa shape index (κ1) is 22.7. The van der Waals surface area contributed by atoms with Crippen molar-refractivity contribution in [2.45, 2.75) is 13.0 Å². The minimum atomic E-state index is -0.751. The molecule has 8 nitrogen and oxygen atoms in total. The maximum atomic E-state index is 13.0. The van der Waals surface area contributed by atoms with Crippen LogP contribution in [0.5, 0.6) is 0 Å². The molecule has 0 fully saturated rings. The highest BCUT2D eigenvalue weighted by atomic mass is 35.5. The zero-order valence-corrected chi connectivity index (χ0v) is 18.4. The molecule has 162 valence electrons. The number of carbonyl (C=O) groups excluding carboxylic acids is 1. The van der Waals surface area contributed by atoms with Crippen molar-refractivity contribution in [1.29, 1.82) is 0 Å². The van der Waals surface area contributed by atoms with Gasteiger partial charge in [0.2, 0.25) is 0 Å². The van der Waals surface area contributed by atoms with Crippen LogP contribution in [0, 0.1) is 10.1 Å². The van der Waals surface area contributed by atoms with Crippen LogP contribution in [0.3, 0.4) is 0 Å². The molecule has 0 amide bonds. The van der Waals surface area contributed by atoms with E-state index >= 15 is 0 Å². The van der Waals surface area contributed by atoms with Crippen molar-refractivity contribution in [1.82, 2.24) is 5.32 Å². The predicted octanol–water partition coefficient (Wildman–Crippen LogP) is 4.15. The number of allylic oxidation sites excluding steroid dienone is 1. The van der Waals surface area contributed by atoms with E-state index in [4.69, 9.17) is 33.3 Å². The first-order chi connectivity index (χ1) is 14.8. The fraction of sp³-hybridized carbons (Fsp3) is 0.238. The van der Waals surface area contributed by atoms with Gasteiger partial charge in [-0.05, 0) is 42.9 Å². The number of anilines is 1. The van der Waals surface area contributed by atoms with E-state index in [0.29, 0.717) is 16.4 Å². The number of benzene rings is 2. The van der Waals surface area contributed by atoms with Crippen LogP contribution in [-0.4, -0.2) is 36.3 Å². The monoisotopic (exact) mass is 461 g/mol. The quantitative estimate of drug-likeness (QED) is 0.216. The number of hydrogen-bond acceptors (Lipinski definition) is 6. The normalized spacial score (nSPS) is 16.2. The fourth-order valence-corrected chi connectivity index (χ4v) is 3.84. The van der Waals surface area contributed by atoms with Gasteiger partial charge in [0.1, 0.15) is 11.6 Å². The Bertz CT molecular complexity index is 1040. The van der Waals surface area contributed by atoms with Crippen LogP contribution in [-0.2, 0) is 14.3 Å². The van der Waals surface area contributed by atoms with Gasteiger partial charge in [-0.25, -0.2) is 4.79 Å². The van der Waals surface area contributed by atoms with Gasteiger partial charge in [0.25, 0.3) is 5.69 Å². The van der Waals surface area contributed by atoms with Crippen LogP contribution in [0.2, 0.25) is 5.02 Å². The zero-order valence-electron chi connectivity index (χ0n) is 16.8. The summed E-state index contributed by atoms with van der Waals surface area (Å²) in [6.45, 7) is 2.06. The summed E-state index contributed by atoms with van der Waals surface area (Å²) in [6.07, 6.45) is 0. The lowest BCUT2D eigenvalue weighted by atomic mass is 9.94. The molecule has 1 aliphatic rings. The van der Waals surface area contributed by atoms with E-state index in [1.165, 1.54) is 19.2 Å². The molecule has 1 unspecified atom stereocenters. The molecule has 0 aliphatic carbocycles. The number of nitro groups is 1. The molecule has 0 bridgehead atoms. The zero-order chi connectivity index (χ0) is 22.5. The van der Waals surface area contributed by atoms with Crippen molar-refractivity contribution in [3.8, 4) is 0 Å². The molecule has 0 aromatic heterocycles. The lowest BCUT2D eigenvalue weighted by Crippen LogP contribution is -2.48.